The normalized spacial score (nSPS) is 41.7. The standard InChI is InChI=1S/C22H36N2O3/c1-13(2)19(20(25)24-11-14(3)27-15(4)12-24)23-21(26)22-8-16-5-17(9-22)7-18(6-16)10-22/h13-19H,5-12H2,1-4H3,(H,23,26)/t14-,15+,16?,17?,18?,19-,22?/m1/s1. The summed E-state index contributed by atoms with van der Waals surface area (Å²) in [5.74, 6) is 2.50. The minimum absolute atomic E-state index is 0.0457. The van der Waals surface area contributed by atoms with Crippen molar-refractivity contribution in [2.75, 3.05) is 13.1 Å². The van der Waals surface area contributed by atoms with Gasteiger partial charge in [-0.15, -0.1) is 0 Å². The highest BCUT2D eigenvalue weighted by molar-refractivity contribution is 5.90. The zero-order valence-electron chi connectivity index (χ0n) is 17.4. The van der Waals surface area contributed by atoms with Gasteiger partial charge in [0.2, 0.25) is 11.8 Å². The molecule has 4 bridgehead atoms. The van der Waals surface area contributed by atoms with E-state index in [9.17, 15) is 9.59 Å². The van der Waals surface area contributed by atoms with Gasteiger partial charge in [-0.1, -0.05) is 13.8 Å². The zero-order valence-corrected chi connectivity index (χ0v) is 17.4. The molecule has 5 heteroatoms. The largest absolute Gasteiger partial charge is 0.372 e. The molecule has 5 rings (SSSR count). The molecule has 0 unspecified atom stereocenters. The van der Waals surface area contributed by atoms with E-state index in [0.717, 1.165) is 37.0 Å². The summed E-state index contributed by atoms with van der Waals surface area (Å²) in [5, 5.41) is 3.23. The van der Waals surface area contributed by atoms with Crippen LogP contribution >= 0.6 is 0 Å². The van der Waals surface area contributed by atoms with E-state index in [0.29, 0.717) is 13.1 Å². The molecule has 1 saturated heterocycles. The fourth-order valence-corrected chi connectivity index (χ4v) is 6.75. The first-order chi connectivity index (χ1) is 12.8. The fraction of sp³-hybridized carbons (Fsp3) is 0.909. The molecule has 152 valence electrons. The predicted molar refractivity (Wildman–Crippen MR) is 104 cm³/mol. The molecule has 0 spiro atoms. The number of carbonyl (C=O) groups excluding carboxylic acids is 2. The fourth-order valence-electron chi connectivity index (χ4n) is 6.75. The minimum atomic E-state index is -0.428. The maximum atomic E-state index is 13.4. The van der Waals surface area contributed by atoms with Crippen molar-refractivity contribution in [1.82, 2.24) is 10.2 Å². The Morgan fingerprint density at radius 2 is 1.44 bits per heavy atom. The highest BCUT2D eigenvalue weighted by Gasteiger charge is 2.55. The van der Waals surface area contributed by atoms with Crippen molar-refractivity contribution in [3.8, 4) is 0 Å². The lowest BCUT2D eigenvalue weighted by molar-refractivity contribution is -0.154. The maximum Gasteiger partial charge on any atom is 0.245 e. The Morgan fingerprint density at radius 1 is 0.963 bits per heavy atom. The van der Waals surface area contributed by atoms with Crippen LogP contribution in [0.3, 0.4) is 0 Å². The highest BCUT2D eigenvalue weighted by Crippen LogP contribution is 2.60. The topological polar surface area (TPSA) is 58.6 Å². The van der Waals surface area contributed by atoms with Gasteiger partial charge in [0.05, 0.1) is 12.2 Å². The molecule has 3 atom stereocenters. The maximum absolute atomic E-state index is 13.4. The number of carbonyl (C=O) groups is 2. The summed E-state index contributed by atoms with van der Waals surface area (Å²) in [5.41, 5.74) is -0.201. The monoisotopic (exact) mass is 376 g/mol. The third kappa shape index (κ3) is 3.64. The van der Waals surface area contributed by atoms with Gasteiger partial charge in [0.15, 0.2) is 0 Å². The first-order valence-corrected chi connectivity index (χ1v) is 11.0. The molecule has 4 saturated carbocycles. The Balaban J connectivity index is 1.47. The quantitative estimate of drug-likeness (QED) is 0.821. The molecule has 0 aromatic rings. The van der Waals surface area contributed by atoms with E-state index >= 15 is 0 Å². The molecule has 27 heavy (non-hydrogen) atoms. The van der Waals surface area contributed by atoms with Crippen LogP contribution in [0.1, 0.15) is 66.2 Å². The average Bonchev–Trinajstić information content (AvgIpc) is 2.56. The van der Waals surface area contributed by atoms with Gasteiger partial charge in [-0.2, -0.15) is 0 Å². The molecule has 0 aromatic heterocycles. The van der Waals surface area contributed by atoms with E-state index < -0.39 is 6.04 Å². The average molecular weight is 377 g/mol. The second kappa shape index (κ2) is 7.06. The minimum Gasteiger partial charge on any atom is -0.372 e. The summed E-state index contributed by atoms with van der Waals surface area (Å²) < 4.78 is 5.77. The molecule has 1 aliphatic heterocycles. The van der Waals surface area contributed by atoms with E-state index in [1.54, 1.807) is 0 Å². The van der Waals surface area contributed by atoms with Crippen molar-refractivity contribution in [1.29, 1.82) is 0 Å². The number of ether oxygens (including phenoxy) is 1. The van der Waals surface area contributed by atoms with Crippen molar-refractivity contribution in [3.63, 3.8) is 0 Å². The van der Waals surface area contributed by atoms with E-state index in [4.69, 9.17) is 4.74 Å². The Labute approximate surface area is 163 Å². The number of nitrogens with zero attached hydrogens (tertiary/aromatic N) is 1. The molecule has 0 radical (unpaired) electrons. The number of hydrogen-bond donors (Lipinski definition) is 1. The third-order valence-electron chi connectivity index (χ3n) is 7.47. The summed E-state index contributed by atoms with van der Waals surface area (Å²) in [6.45, 7) is 9.31. The van der Waals surface area contributed by atoms with Gasteiger partial charge in [0.1, 0.15) is 6.04 Å². The van der Waals surface area contributed by atoms with E-state index in [-0.39, 0.29) is 35.4 Å². The van der Waals surface area contributed by atoms with Gasteiger partial charge in [0.25, 0.3) is 0 Å². The number of morpholine rings is 1. The Morgan fingerprint density at radius 3 is 1.89 bits per heavy atom. The van der Waals surface area contributed by atoms with Gasteiger partial charge in [-0.3, -0.25) is 9.59 Å². The van der Waals surface area contributed by atoms with Crippen molar-refractivity contribution in [2.45, 2.75) is 84.5 Å². The van der Waals surface area contributed by atoms with Crippen LogP contribution in [0.2, 0.25) is 0 Å². The molecule has 5 fully saturated rings. The third-order valence-corrected chi connectivity index (χ3v) is 7.47. The number of amides is 2. The molecular weight excluding hydrogens is 340 g/mol. The number of rotatable bonds is 4. The van der Waals surface area contributed by atoms with Crippen LogP contribution < -0.4 is 5.32 Å². The molecular formula is C22H36N2O3. The first-order valence-electron chi connectivity index (χ1n) is 11.0. The summed E-state index contributed by atoms with van der Waals surface area (Å²) in [7, 11) is 0. The molecule has 1 N–H and O–H groups in total. The van der Waals surface area contributed by atoms with Gasteiger partial charge in [-0.05, 0) is 76.0 Å². The smallest absolute Gasteiger partial charge is 0.245 e. The predicted octanol–water partition coefficient (Wildman–Crippen LogP) is 2.98. The van der Waals surface area contributed by atoms with Gasteiger partial charge in [0, 0.05) is 18.5 Å². The Bertz CT molecular complexity index is 557. The van der Waals surface area contributed by atoms with Crippen molar-refractivity contribution in [2.24, 2.45) is 29.1 Å². The number of hydrogen-bond acceptors (Lipinski definition) is 3. The van der Waals surface area contributed by atoms with E-state index in [1.165, 1.54) is 19.3 Å². The van der Waals surface area contributed by atoms with E-state index in [2.05, 4.69) is 5.32 Å². The van der Waals surface area contributed by atoms with Crippen LogP contribution in [0.4, 0.5) is 0 Å². The first kappa shape index (κ1) is 19.2. The Hall–Kier alpha value is -1.10. The molecule has 5 nitrogen and oxygen atoms in total. The summed E-state index contributed by atoms with van der Waals surface area (Å²) >= 11 is 0. The molecule has 2 amide bonds. The number of nitrogens with one attached hydrogen (secondary N) is 1. The lowest BCUT2D eigenvalue weighted by Crippen LogP contribution is -2.60. The molecule has 5 aliphatic rings. The SMILES string of the molecule is CC(C)[C@@H](NC(=O)C12CC3CC(CC(C3)C1)C2)C(=O)N1C[C@@H](C)O[C@@H](C)C1. The molecule has 0 aromatic carbocycles. The van der Waals surface area contributed by atoms with Crippen LogP contribution in [0, 0.1) is 29.1 Å². The molecule has 1 heterocycles. The summed E-state index contributed by atoms with van der Waals surface area (Å²) in [4.78, 5) is 28.6. The Kier molecular flexibility index (Phi) is 5.02. The molecule has 4 aliphatic carbocycles. The van der Waals surface area contributed by atoms with Crippen molar-refractivity contribution in [3.05, 3.63) is 0 Å². The lowest BCUT2D eigenvalue weighted by atomic mass is 9.49. The summed E-state index contributed by atoms with van der Waals surface area (Å²) in [6, 6.07) is -0.428. The lowest BCUT2D eigenvalue weighted by Gasteiger charge is -2.56. The summed E-state index contributed by atoms with van der Waals surface area (Å²) in [6.07, 6.45) is 7.17. The van der Waals surface area contributed by atoms with Crippen LogP contribution in [0.5, 0.6) is 0 Å². The van der Waals surface area contributed by atoms with Crippen LogP contribution in [-0.2, 0) is 14.3 Å². The second-order valence-corrected chi connectivity index (χ2v) is 10.4. The van der Waals surface area contributed by atoms with Gasteiger partial charge >= 0.3 is 0 Å². The van der Waals surface area contributed by atoms with Crippen LogP contribution in [0.15, 0.2) is 0 Å². The highest BCUT2D eigenvalue weighted by atomic mass is 16.5. The second-order valence-electron chi connectivity index (χ2n) is 10.4. The van der Waals surface area contributed by atoms with Crippen molar-refractivity contribution < 1.29 is 14.3 Å². The van der Waals surface area contributed by atoms with Crippen LogP contribution in [-0.4, -0.2) is 48.1 Å². The van der Waals surface area contributed by atoms with E-state index in [1.807, 2.05) is 32.6 Å². The van der Waals surface area contributed by atoms with Crippen LogP contribution in [0.25, 0.3) is 0 Å². The van der Waals surface area contributed by atoms with Gasteiger partial charge in [-0.25, -0.2) is 0 Å². The zero-order chi connectivity index (χ0) is 19.3. The van der Waals surface area contributed by atoms with Gasteiger partial charge < -0.3 is 15.0 Å². The van der Waals surface area contributed by atoms with Crippen molar-refractivity contribution >= 4 is 11.8 Å².